The van der Waals surface area contributed by atoms with Crippen molar-refractivity contribution in [3.8, 4) is 0 Å². The number of nitrogens with one attached hydrogen (secondary N) is 1. The molecule has 0 aliphatic heterocycles. The number of nitro groups is 1. The van der Waals surface area contributed by atoms with Crippen LogP contribution in [0.2, 0.25) is 0 Å². The first kappa shape index (κ1) is 17.6. The second-order valence-electron chi connectivity index (χ2n) is 5.29. The van der Waals surface area contributed by atoms with E-state index in [1.807, 2.05) is 19.9 Å². The highest BCUT2D eigenvalue weighted by Crippen LogP contribution is 2.26. The molecule has 6 nitrogen and oxygen atoms in total. The zero-order chi connectivity index (χ0) is 15.9. The fourth-order valence-corrected chi connectivity index (χ4v) is 2.30. The molecule has 1 rings (SSSR count). The Hall–Kier alpha value is -1.50. The monoisotopic (exact) mass is 296 g/mol. The fraction of sp³-hybridized carbons (Fsp3) is 0.600. The number of aliphatic hydroxyl groups is 2. The van der Waals surface area contributed by atoms with Crippen LogP contribution in [0.25, 0.3) is 0 Å². The largest absolute Gasteiger partial charge is 0.394 e. The van der Waals surface area contributed by atoms with Gasteiger partial charge in [-0.25, -0.2) is 0 Å². The molecule has 0 bridgehead atoms. The molecule has 1 unspecified atom stereocenters. The fourth-order valence-electron chi connectivity index (χ4n) is 2.30. The number of nitro benzene ring substituents is 1. The first-order valence-electron chi connectivity index (χ1n) is 7.25. The van der Waals surface area contributed by atoms with Crippen molar-refractivity contribution in [2.45, 2.75) is 44.7 Å². The molecule has 0 saturated heterocycles. The predicted octanol–water partition coefficient (Wildman–Crippen LogP) is 2.16. The molecule has 0 fully saturated rings. The number of non-ortho nitro benzene ring substituents is 1. The maximum atomic E-state index is 10.9. The van der Waals surface area contributed by atoms with Crippen molar-refractivity contribution in [2.24, 2.45) is 0 Å². The smallest absolute Gasteiger partial charge is 0.269 e. The molecule has 21 heavy (non-hydrogen) atoms. The van der Waals surface area contributed by atoms with E-state index < -0.39 is 10.5 Å². The number of hydrogen-bond donors (Lipinski definition) is 3. The van der Waals surface area contributed by atoms with E-state index in [9.17, 15) is 20.3 Å². The maximum Gasteiger partial charge on any atom is 0.269 e. The van der Waals surface area contributed by atoms with Gasteiger partial charge in [0.15, 0.2) is 0 Å². The summed E-state index contributed by atoms with van der Waals surface area (Å²) in [4.78, 5) is 10.5. The van der Waals surface area contributed by atoms with Gasteiger partial charge in [0, 0.05) is 18.2 Å². The van der Waals surface area contributed by atoms with Gasteiger partial charge in [-0.1, -0.05) is 32.4 Å². The quantitative estimate of drug-likeness (QED) is 0.479. The molecule has 0 aliphatic carbocycles. The van der Waals surface area contributed by atoms with E-state index in [1.54, 1.807) is 12.1 Å². The number of aliphatic hydroxyl groups excluding tert-OH is 2. The topological polar surface area (TPSA) is 95.6 Å². The SMILES string of the molecule is CCCC(NC(CC)(CO)CO)c1cccc([N+](=O)[O-])c1. The molecule has 0 aromatic heterocycles. The van der Waals surface area contributed by atoms with E-state index in [1.165, 1.54) is 6.07 Å². The third-order valence-electron chi connectivity index (χ3n) is 3.82. The summed E-state index contributed by atoms with van der Waals surface area (Å²) < 4.78 is 0. The zero-order valence-corrected chi connectivity index (χ0v) is 12.6. The van der Waals surface area contributed by atoms with E-state index in [0.717, 1.165) is 18.4 Å². The standard InChI is InChI=1S/C15H24N2O4/c1-3-6-14(16-15(4-2,10-18)11-19)12-7-5-8-13(9-12)17(20)21/h5,7-9,14,16,18-19H,3-4,6,10-11H2,1-2H3. The average molecular weight is 296 g/mol. The molecule has 3 N–H and O–H groups in total. The highest BCUT2D eigenvalue weighted by Gasteiger charge is 2.30. The normalized spacial score (nSPS) is 13.1. The van der Waals surface area contributed by atoms with Crippen molar-refractivity contribution in [1.29, 1.82) is 0 Å². The van der Waals surface area contributed by atoms with Crippen molar-refractivity contribution < 1.29 is 15.1 Å². The van der Waals surface area contributed by atoms with Gasteiger partial charge in [-0.3, -0.25) is 10.1 Å². The van der Waals surface area contributed by atoms with E-state index in [-0.39, 0.29) is 24.9 Å². The minimum atomic E-state index is -0.773. The van der Waals surface area contributed by atoms with E-state index in [4.69, 9.17) is 0 Å². The Balaban J connectivity index is 3.06. The van der Waals surface area contributed by atoms with Gasteiger partial charge in [-0.05, 0) is 18.4 Å². The third kappa shape index (κ3) is 4.49. The lowest BCUT2D eigenvalue weighted by Gasteiger charge is -2.35. The van der Waals surface area contributed by atoms with Crippen LogP contribution in [0, 0.1) is 10.1 Å². The van der Waals surface area contributed by atoms with Crippen LogP contribution in [0.4, 0.5) is 5.69 Å². The Morgan fingerprint density at radius 2 is 2.00 bits per heavy atom. The zero-order valence-electron chi connectivity index (χ0n) is 12.6. The van der Waals surface area contributed by atoms with Crippen molar-refractivity contribution in [3.05, 3.63) is 39.9 Å². The number of nitrogens with zero attached hydrogens (tertiary/aromatic N) is 1. The Bertz CT molecular complexity index is 452. The van der Waals surface area contributed by atoms with Crippen molar-refractivity contribution >= 4 is 5.69 Å². The molecule has 0 heterocycles. The van der Waals surface area contributed by atoms with Crippen LogP contribution in [0.3, 0.4) is 0 Å². The Labute approximate surface area is 125 Å². The van der Waals surface area contributed by atoms with Gasteiger partial charge >= 0.3 is 0 Å². The summed E-state index contributed by atoms with van der Waals surface area (Å²) in [7, 11) is 0. The number of hydrogen-bond acceptors (Lipinski definition) is 5. The van der Waals surface area contributed by atoms with Gasteiger partial charge < -0.3 is 15.5 Å². The molecule has 118 valence electrons. The van der Waals surface area contributed by atoms with Crippen LogP contribution in [0.15, 0.2) is 24.3 Å². The summed E-state index contributed by atoms with van der Waals surface area (Å²) in [5.41, 5.74) is 0.0704. The van der Waals surface area contributed by atoms with Crippen molar-refractivity contribution in [3.63, 3.8) is 0 Å². The second-order valence-corrected chi connectivity index (χ2v) is 5.29. The Morgan fingerprint density at radius 3 is 2.48 bits per heavy atom. The van der Waals surface area contributed by atoms with E-state index in [2.05, 4.69) is 5.32 Å². The second kappa shape index (κ2) is 8.07. The molecule has 6 heteroatoms. The predicted molar refractivity (Wildman–Crippen MR) is 81.1 cm³/mol. The van der Waals surface area contributed by atoms with Crippen LogP contribution in [0.1, 0.15) is 44.7 Å². The Kier molecular flexibility index (Phi) is 6.74. The van der Waals surface area contributed by atoms with Crippen LogP contribution < -0.4 is 5.32 Å². The minimum Gasteiger partial charge on any atom is -0.394 e. The summed E-state index contributed by atoms with van der Waals surface area (Å²) in [6, 6.07) is 6.34. The summed E-state index contributed by atoms with van der Waals surface area (Å²) in [6.07, 6.45) is 2.22. The van der Waals surface area contributed by atoms with Crippen LogP contribution >= 0.6 is 0 Å². The molecule has 0 saturated carbocycles. The van der Waals surface area contributed by atoms with Gasteiger partial charge in [0.25, 0.3) is 5.69 Å². The molecular formula is C15H24N2O4. The lowest BCUT2D eigenvalue weighted by Crippen LogP contribution is -2.52. The molecule has 1 aromatic rings. The van der Waals surface area contributed by atoms with Crippen LogP contribution in [-0.4, -0.2) is 33.9 Å². The molecule has 0 aliphatic rings. The first-order valence-corrected chi connectivity index (χ1v) is 7.25. The lowest BCUT2D eigenvalue weighted by molar-refractivity contribution is -0.384. The minimum absolute atomic E-state index is 0.0468. The van der Waals surface area contributed by atoms with Gasteiger partial charge in [0.2, 0.25) is 0 Å². The number of benzene rings is 1. The van der Waals surface area contributed by atoms with Crippen LogP contribution in [0.5, 0.6) is 0 Å². The lowest BCUT2D eigenvalue weighted by atomic mass is 9.93. The molecular weight excluding hydrogens is 272 g/mol. The van der Waals surface area contributed by atoms with Gasteiger partial charge in [0.1, 0.15) is 0 Å². The molecule has 0 radical (unpaired) electrons. The molecule has 0 amide bonds. The summed E-state index contributed by atoms with van der Waals surface area (Å²) in [6.45, 7) is 3.54. The molecule has 1 atom stereocenters. The van der Waals surface area contributed by atoms with Crippen LogP contribution in [-0.2, 0) is 0 Å². The highest BCUT2D eigenvalue weighted by atomic mass is 16.6. The molecule has 0 spiro atoms. The van der Waals surface area contributed by atoms with E-state index >= 15 is 0 Å². The van der Waals surface area contributed by atoms with E-state index in [0.29, 0.717) is 6.42 Å². The summed E-state index contributed by atoms with van der Waals surface area (Å²) in [5, 5.41) is 33.3. The summed E-state index contributed by atoms with van der Waals surface area (Å²) in [5.74, 6) is 0. The van der Waals surface area contributed by atoms with Crippen molar-refractivity contribution in [2.75, 3.05) is 13.2 Å². The van der Waals surface area contributed by atoms with Gasteiger partial charge in [0.05, 0.1) is 23.7 Å². The van der Waals surface area contributed by atoms with Gasteiger partial charge in [-0.15, -0.1) is 0 Å². The average Bonchev–Trinajstić information content (AvgIpc) is 2.52. The first-order chi connectivity index (χ1) is 10.0. The maximum absolute atomic E-state index is 10.9. The van der Waals surface area contributed by atoms with Crippen molar-refractivity contribution in [1.82, 2.24) is 5.32 Å². The molecule has 1 aromatic carbocycles. The summed E-state index contributed by atoms with van der Waals surface area (Å²) >= 11 is 0. The Morgan fingerprint density at radius 1 is 1.33 bits per heavy atom. The third-order valence-corrected chi connectivity index (χ3v) is 3.82. The van der Waals surface area contributed by atoms with Gasteiger partial charge in [-0.2, -0.15) is 0 Å². The highest BCUT2D eigenvalue weighted by molar-refractivity contribution is 5.36. The number of rotatable bonds is 9.